The third-order valence-electron chi connectivity index (χ3n) is 4.05. The van der Waals surface area contributed by atoms with Crippen LogP contribution in [0.25, 0.3) is 0 Å². The summed E-state index contributed by atoms with van der Waals surface area (Å²) < 4.78 is 5.56. The second-order valence-electron chi connectivity index (χ2n) is 6.52. The summed E-state index contributed by atoms with van der Waals surface area (Å²) in [5.41, 5.74) is 0. The highest BCUT2D eigenvalue weighted by atomic mass is 16.5. The van der Waals surface area contributed by atoms with Gasteiger partial charge in [-0.25, -0.2) is 0 Å². The van der Waals surface area contributed by atoms with Crippen LogP contribution < -0.4 is 0 Å². The zero-order chi connectivity index (χ0) is 15.9. The first-order valence-corrected chi connectivity index (χ1v) is 9.27. The van der Waals surface area contributed by atoms with Crippen molar-refractivity contribution in [2.24, 2.45) is 5.92 Å². The van der Waals surface area contributed by atoms with Crippen LogP contribution in [-0.4, -0.2) is 18.5 Å². The van der Waals surface area contributed by atoms with Gasteiger partial charge in [0, 0.05) is 13.0 Å². The number of carbonyl (C=O) groups excluding carboxylic acids is 1. The topological polar surface area (TPSA) is 26.3 Å². The van der Waals surface area contributed by atoms with E-state index in [1.165, 1.54) is 57.8 Å². The Balaban J connectivity index is 3.47. The lowest BCUT2D eigenvalue weighted by atomic mass is 9.98. The maximum atomic E-state index is 12.1. The molecule has 0 aromatic heterocycles. The first kappa shape index (κ1) is 20.6. The zero-order valence-corrected chi connectivity index (χ0v) is 15.0. The summed E-state index contributed by atoms with van der Waals surface area (Å²) >= 11 is 0. The number of ether oxygens (including phenoxy) is 1. The van der Waals surface area contributed by atoms with E-state index in [9.17, 15) is 4.79 Å². The molecule has 0 radical (unpaired) electrons. The molecule has 0 saturated heterocycles. The van der Waals surface area contributed by atoms with Crippen LogP contribution in [-0.2, 0) is 9.53 Å². The van der Waals surface area contributed by atoms with Crippen molar-refractivity contribution in [1.29, 1.82) is 0 Å². The van der Waals surface area contributed by atoms with Gasteiger partial charge in [0.15, 0.2) is 5.78 Å². The van der Waals surface area contributed by atoms with Crippen LogP contribution in [0.4, 0.5) is 0 Å². The largest absolute Gasteiger partial charge is 0.370 e. The number of Topliss-reactive ketones (excluding diaryl/α,β-unsaturated/α-hetero) is 1. The van der Waals surface area contributed by atoms with E-state index in [1.54, 1.807) is 0 Å². The van der Waals surface area contributed by atoms with Crippen molar-refractivity contribution in [2.45, 2.75) is 104 Å². The minimum atomic E-state index is -0.187. The lowest BCUT2D eigenvalue weighted by Gasteiger charge is -2.19. The van der Waals surface area contributed by atoms with Gasteiger partial charge < -0.3 is 4.74 Å². The Hall–Kier alpha value is -0.370. The van der Waals surface area contributed by atoms with Crippen LogP contribution in [0, 0.1) is 5.92 Å². The molecule has 0 rings (SSSR count). The number of hydrogen-bond acceptors (Lipinski definition) is 2. The molecule has 0 fully saturated rings. The summed E-state index contributed by atoms with van der Waals surface area (Å²) in [4.78, 5) is 12.1. The summed E-state index contributed by atoms with van der Waals surface area (Å²) in [5, 5.41) is 0. The summed E-state index contributed by atoms with van der Waals surface area (Å²) in [6.07, 6.45) is 13.6. The van der Waals surface area contributed by atoms with Gasteiger partial charge in [0.1, 0.15) is 6.10 Å². The fourth-order valence-electron chi connectivity index (χ4n) is 2.77. The second-order valence-corrected chi connectivity index (χ2v) is 6.52. The Morgan fingerprint density at radius 1 is 0.810 bits per heavy atom. The van der Waals surface area contributed by atoms with Crippen molar-refractivity contribution in [1.82, 2.24) is 0 Å². The Bertz CT molecular complexity index is 236. The van der Waals surface area contributed by atoms with Gasteiger partial charge in [-0.15, -0.1) is 0 Å². The molecule has 0 spiro atoms. The quantitative estimate of drug-likeness (QED) is 0.350. The SMILES string of the molecule is CCCCCCCCCCCCC(=O)C(OCC)C(C)C. The molecule has 0 saturated carbocycles. The number of carbonyl (C=O) groups is 1. The first-order valence-electron chi connectivity index (χ1n) is 9.27. The molecule has 0 aliphatic carbocycles. The number of ketones is 1. The summed E-state index contributed by atoms with van der Waals surface area (Å²) in [7, 11) is 0. The minimum Gasteiger partial charge on any atom is -0.370 e. The lowest BCUT2D eigenvalue weighted by Crippen LogP contribution is -2.29. The van der Waals surface area contributed by atoms with Crippen LogP contribution in [0.2, 0.25) is 0 Å². The predicted octanol–water partition coefficient (Wildman–Crippen LogP) is 5.93. The smallest absolute Gasteiger partial charge is 0.161 e. The molecule has 0 N–H and O–H groups in total. The normalized spacial score (nSPS) is 12.8. The van der Waals surface area contributed by atoms with Crippen molar-refractivity contribution in [3.63, 3.8) is 0 Å². The Kier molecular flexibility index (Phi) is 14.3. The summed E-state index contributed by atoms with van der Waals surface area (Å²) in [6, 6.07) is 0. The fraction of sp³-hybridized carbons (Fsp3) is 0.947. The molecule has 1 unspecified atom stereocenters. The Morgan fingerprint density at radius 3 is 1.71 bits per heavy atom. The van der Waals surface area contributed by atoms with E-state index in [4.69, 9.17) is 4.74 Å². The van der Waals surface area contributed by atoms with E-state index in [0.717, 1.165) is 6.42 Å². The highest BCUT2D eigenvalue weighted by Crippen LogP contribution is 2.14. The van der Waals surface area contributed by atoms with Crippen molar-refractivity contribution in [2.75, 3.05) is 6.61 Å². The maximum absolute atomic E-state index is 12.1. The third kappa shape index (κ3) is 11.9. The van der Waals surface area contributed by atoms with Crippen molar-refractivity contribution in [3.05, 3.63) is 0 Å². The second kappa shape index (κ2) is 14.6. The molecular formula is C19H38O2. The molecule has 2 nitrogen and oxygen atoms in total. The molecular weight excluding hydrogens is 260 g/mol. The van der Waals surface area contributed by atoms with Gasteiger partial charge in [-0.3, -0.25) is 4.79 Å². The fourth-order valence-corrected chi connectivity index (χ4v) is 2.77. The third-order valence-corrected chi connectivity index (χ3v) is 4.05. The van der Waals surface area contributed by atoms with Crippen molar-refractivity contribution < 1.29 is 9.53 Å². The van der Waals surface area contributed by atoms with Gasteiger partial charge in [-0.05, 0) is 19.3 Å². The number of hydrogen-bond donors (Lipinski definition) is 0. The van der Waals surface area contributed by atoms with Crippen LogP contribution in [0.15, 0.2) is 0 Å². The molecule has 2 heteroatoms. The number of unbranched alkanes of at least 4 members (excludes halogenated alkanes) is 9. The van der Waals surface area contributed by atoms with Gasteiger partial charge in [-0.2, -0.15) is 0 Å². The predicted molar refractivity (Wildman–Crippen MR) is 91.7 cm³/mol. The summed E-state index contributed by atoms with van der Waals surface area (Å²) in [6.45, 7) is 8.99. The van der Waals surface area contributed by atoms with Gasteiger partial charge in [-0.1, -0.05) is 78.6 Å². The van der Waals surface area contributed by atoms with E-state index in [2.05, 4.69) is 20.8 Å². The molecule has 1 atom stereocenters. The van der Waals surface area contributed by atoms with E-state index in [1.807, 2.05) is 6.92 Å². The average Bonchev–Trinajstić information content (AvgIpc) is 2.46. The van der Waals surface area contributed by atoms with Gasteiger partial charge >= 0.3 is 0 Å². The monoisotopic (exact) mass is 298 g/mol. The minimum absolute atomic E-state index is 0.187. The maximum Gasteiger partial charge on any atom is 0.161 e. The molecule has 0 amide bonds. The van der Waals surface area contributed by atoms with Crippen LogP contribution in [0.3, 0.4) is 0 Å². The van der Waals surface area contributed by atoms with E-state index in [-0.39, 0.29) is 6.10 Å². The van der Waals surface area contributed by atoms with Crippen LogP contribution in [0.5, 0.6) is 0 Å². The molecule has 0 bridgehead atoms. The molecule has 0 aromatic carbocycles. The van der Waals surface area contributed by atoms with E-state index in [0.29, 0.717) is 24.7 Å². The van der Waals surface area contributed by atoms with Gasteiger partial charge in [0.05, 0.1) is 0 Å². The van der Waals surface area contributed by atoms with Crippen molar-refractivity contribution in [3.8, 4) is 0 Å². The van der Waals surface area contributed by atoms with E-state index >= 15 is 0 Å². The molecule has 0 heterocycles. The van der Waals surface area contributed by atoms with Crippen molar-refractivity contribution >= 4 is 5.78 Å². The van der Waals surface area contributed by atoms with Gasteiger partial charge in [0.25, 0.3) is 0 Å². The summed E-state index contributed by atoms with van der Waals surface area (Å²) in [5.74, 6) is 0.590. The lowest BCUT2D eigenvalue weighted by molar-refractivity contribution is -0.133. The first-order chi connectivity index (χ1) is 10.1. The molecule has 126 valence electrons. The standard InChI is InChI=1S/C19H38O2/c1-5-7-8-9-10-11-12-13-14-15-16-18(20)19(17(3)4)21-6-2/h17,19H,5-16H2,1-4H3. The Morgan fingerprint density at radius 2 is 1.29 bits per heavy atom. The number of rotatable bonds is 15. The molecule has 21 heavy (non-hydrogen) atoms. The van der Waals surface area contributed by atoms with Crippen LogP contribution in [0.1, 0.15) is 98.3 Å². The van der Waals surface area contributed by atoms with E-state index < -0.39 is 0 Å². The van der Waals surface area contributed by atoms with Gasteiger partial charge in [0.2, 0.25) is 0 Å². The van der Waals surface area contributed by atoms with Crippen LogP contribution >= 0.6 is 0 Å². The molecule has 0 aliphatic rings. The average molecular weight is 299 g/mol. The zero-order valence-electron chi connectivity index (χ0n) is 15.0. The molecule has 0 aromatic rings. The highest BCUT2D eigenvalue weighted by Gasteiger charge is 2.21. The molecule has 0 aliphatic heterocycles. The Labute approximate surface area is 133 Å². The highest BCUT2D eigenvalue weighted by molar-refractivity contribution is 5.83.